The average molecular weight is 803 g/mol. The molecule has 0 spiro atoms. The van der Waals surface area contributed by atoms with Crippen LogP contribution >= 0.6 is 11.6 Å². The van der Waals surface area contributed by atoms with Crippen LogP contribution in [0.4, 0.5) is 5.69 Å². The highest BCUT2D eigenvalue weighted by Crippen LogP contribution is 2.55. The zero-order valence-corrected chi connectivity index (χ0v) is 33.8. The van der Waals surface area contributed by atoms with Crippen molar-refractivity contribution in [1.29, 1.82) is 5.26 Å². The number of likely N-dealkylation sites (tertiary alicyclic amines) is 1. The fraction of sp³-hybridized carbons (Fsp3) is 0.444. The third-order valence-electron chi connectivity index (χ3n) is 12.9. The summed E-state index contributed by atoms with van der Waals surface area (Å²) in [6.07, 6.45) is 0.851. The number of hydrogen-bond acceptors (Lipinski definition) is 9. The number of carbonyl (C=O) groups excluding carboxylic acids is 4. The van der Waals surface area contributed by atoms with Crippen molar-refractivity contribution in [2.24, 2.45) is 16.7 Å². The van der Waals surface area contributed by atoms with Crippen molar-refractivity contribution in [3.8, 4) is 23.7 Å². The topological polar surface area (TPSA) is 155 Å². The van der Waals surface area contributed by atoms with Crippen LogP contribution in [0.3, 0.4) is 0 Å². The number of nitrogens with one attached hydrogen (secondary N) is 2. The quantitative estimate of drug-likeness (QED) is 0.221. The standard InChI is InChI=1S/C45H47ClN6O6/c1-44(2)42(45(3,4)43(44)58-32-13-11-29(23-47)35(46)22-32)49-38(54)28-9-7-26(8-10-28)5-6-27-17-19-50(20-18-27)31-24-51(25-31)30-12-14-33-34(21-30)41(57)52(40(33)56)36-15-16-37(53)48-39(36)55/h7-14,21-22,27,31,36,40,42-43,56H,15-20,24-25H2,1-4H3,(H,49,54)(H,48,53,55). The Hall–Kier alpha value is -5.40. The van der Waals surface area contributed by atoms with Crippen molar-refractivity contribution in [2.45, 2.75) is 83.8 Å². The summed E-state index contributed by atoms with van der Waals surface area (Å²) in [4.78, 5) is 56.7. The molecule has 4 heterocycles. The second-order valence-corrected chi connectivity index (χ2v) is 17.7. The van der Waals surface area contributed by atoms with Crippen molar-refractivity contribution < 1.29 is 29.0 Å². The highest BCUT2D eigenvalue weighted by atomic mass is 35.5. The summed E-state index contributed by atoms with van der Waals surface area (Å²) < 4.78 is 6.36. The Balaban J connectivity index is 0.798. The molecule has 0 radical (unpaired) electrons. The van der Waals surface area contributed by atoms with Crippen LogP contribution in [0.1, 0.15) is 97.0 Å². The number of nitriles is 1. The van der Waals surface area contributed by atoms with Gasteiger partial charge in [-0.05, 0) is 80.9 Å². The van der Waals surface area contributed by atoms with Crippen LogP contribution in [0.15, 0.2) is 60.7 Å². The molecule has 4 fully saturated rings. The van der Waals surface area contributed by atoms with E-state index in [0.29, 0.717) is 39.1 Å². The molecule has 4 aliphatic heterocycles. The number of nitrogens with zero attached hydrogens (tertiary/aromatic N) is 4. The summed E-state index contributed by atoms with van der Waals surface area (Å²) >= 11 is 6.24. The predicted molar refractivity (Wildman–Crippen MR) is 217 cm³/mol. The second kappa shape index (κ2) is 15.1. The maximum absolute atomic E-state index is 13.4. The number of imide groups is 1. The molecule has 1 aliphatic carbocycles. The predicted octanol–water partition coefficient (Wildman–Crippen LogP) is 5.03. The molecule has 8 rings (SSSR count). The maximum atomic E-state index is 13.4. The first-order valence-corrected chi connectivity index (χ1v) is 20.3. The molecular weight excluding hydrogens is 756 g/mol. The first kappa shape index (κ1) is 39.4. The molecule has 3 saturated heterocycles. The molecule has 13 heteroatoms. The van der Waals surface area contributed by atoms with E-state index < -0.39 is 24.1 Å². The van der Waals surface area contributed by atoms with E-state index in [-0.39, 0.29) is 53.5 Å². The number of aliphatic hydroxyl groups excluding tert-OH is 1. The monoisotopic (exact) mass is 802 g/mol. The number of fused-ring (bicyclic) bond motifs is 1. The summed E-state index contributed by atoms with van der Waals surface area (Å²) in [5.41, 5.74) is 2.89. The molecule has 12 nitrogen and oxygen atoms in total. The van der Waals surface area contributed by atoms with Gasteiger partial charge in [0, 0.05) is 82.3 Å². The molecular formula is C45H47ClN6O6. The van der Waals surface area contributed by atoms with Crippen LogP contribution in [0.25, 0.3) is 0 Å². The van der Waals surface area contributed by atoms with E-state index in [1.54, 1.807) is 24.3 Å². The average Bonchev–Trinajstić information content (AvgIpc) is 3.43. The number of piperidine rings is 2. The molecule has 3 aromatic carbocycles. The number of amides is 4. The van der Waals surface area contributed by atoms with Gasteiger partial charge in [-0.3, -0.25) is 34.3 Å². The van der Waals surface area contributed by atoms with Crippen molar-refractivity contribution in [2.75, 3.05) is 31.1 Å². The van der Waals surface area contributed by atoms with Crippen molar-refractivity contribution >= 4 is 40.9 Å². The second-order valence-electron chi connectivity index (χ2n) is 17.3. The van der Waals surface area contributed by atoms with Crippen LogP contribution in [0, 0.1) is 39.9 Å². The maximum Gasteiger partial charge on any atom is 0.257 e. The number of aliphatic hydroxyl groups is 1. The smallest absolute Gasteiger partial charge is 0.257 e. The Labute approximate surface area is 343 Å². The van der Waals surface area contributed by atoms with Gasteiger partial charge >= 0.3 is 0 Å². The molecule has 2 unspecified atom stereocenters. The van der Waals surface area contributed by atoms with Gasteiger partial charge in [-0.25, -0.2) is 0 Å². The summed E-state index contributed by atoms with van der Waals surface area (Å²) in [5.74, 6) is 6.20. The van der Waals surface area contributed by atoms with Crippen LogP contribution in [-0.2, 0) is 9.59 Å². The van der Waals surface area contributed by atoms with E-state index in [4.69, 9.17) is 16.3 Å². The van der Waals surface area contributed by atoms with E-state index in [0.717, 1.165) is 50.3 Å². The van der Waals surface area contributed by atoms with Crippen molar-refractivity contribution in [3.63, 3.8) is 0 Å². The highest BCUT2D eigenvalue weighted by molar-refractivity contribution is 6.31. The van der Waals surface area contributed by atoms with Crippen molar-refractivity contribution in [1.82, 2.24) is 20.4 Å². The molecule has 1 saturated carbocycles. The largest absolute Gasteiger partial charge is 0.489 e. The minimum absolute atomic E-state index is 0.127. The van der Waals surface area contributed by atoms with Gasteiger partial charge in [-0.1, -0.05) is 57.2 Å². The first-order chi connectivity index (χ1) is 27.6. The normalized spacial score (nSPS) is 25.4. The molecule has 2 atom stereocenters. The summed E-state index contributed by atoms with van der Waals surface area (Å²) in [7, 11) is 0. The van der Waals surface area contributed by atoms with Gasteiger partial charge in [0.2, 0.25) is 11.8 Å². The first-order valence-electron chi connectivity index (χ1n) is 19.9. The fourth-order valence-electron chi connectivity index (χ4n) is 9.82. The lowest BCUT2D eigenvalue weighted by Crippen LogP contribution is -2.74. The van der Waals surface area contributed by atoms with E-state index in [1.807, 2.05) is 36.4 Å². The number of halogens is 1. The van der Waals surface area contributed by atoms with E-state index in [9.17, 15) is 29.5 Å². The third-order valence-corrected chi connectivity index (χ3v) is 13.2. The number of anilines is 1. The van der Waals surface area contributed by atoms with E-state index in [2.05, 4.69) is 66.0 Å². The molecule has 3 aromatic rings. The molecule has 5 aliphatic rings. The fourth-order valence-corrected chi connectivity index (χ4v) is 10.0. The SMILES string of the molecule is CC1(C)C(NC(=O)c2ccc(C#CC3CCN(C4CN(c5ccc6c(c5)C(=O)N(C5CCC(=O)NC5=O)C6O)C4)CC3)cc2)C(C)(C)C1Oc1ccc(C#N)c(Cl)c1. The van der Waals surface area contributed by atoms with Gasteiger partial charge < -0.3 is 20.1 Å². The van der Waals surface area contributed by atoms with E-state index in [1.165, 1.54) is 4.90 Å². The van der Waals surface area contributed by atoms with Crippen LogP contribution in [-0.4, -0.2) is 88.9 Å². The molecule has 4 amide bonds. The minimum Gasteiger partial charge on any atom is -0.489 e. The lowest BCUT2D eigenvalue weighted by Gasteiger charge is -2.63. The molecule has 0 bridgehead atoms. The Morgan fingerprint density at radius 3 is 2.33 bits per heavy atom. The number of hydrogen-bond donors (Lipinski definition) is 3. The number of rotatable bonds is 7. The van der Waals surface area contributed by atoms with Gasteiger partial charge in [0.05, 0.1) is 10.6 Å². The van der Waals surface area contributed by atoms with Crippen LogP contribution in [0.2, 0.25) is 5.02 Å². The van der Waals surface area contributed by atoms with Gasteiger partial charge in [-0.2, -0.15) is 5.26 Å². The van der Waals surface area contributed by atoms with Gasteiger partial charge in [0.1, 0.15) is 24.0 Å². The third kappa shape index (κ3) is 7.08. The summed E-state index contributed by atoms with van der Waals surface area (Å²) in [6.45, 7) is 11.9. The Bertz CT molecular complexity index is 2260. The van der Waals surface area contributed by atoms with Gasteiger partial charge in [0.15, 0.2) is 6.23 Å². The summed E-state index contributed by atoms with van der Waals surface area (Å²) in [6, 6.07) is 19.4. The van der Waals surface area contributed by atoms with Gasteiger partial charge in [-0.15, -0.1) is 0 Å². The van der Waals surface area contributed by atoms with E-state index >= 15 is 0 Å². The molecule has 3 N–H and O–H groups in total. The lowest BCUT2D eigenvalue weighted by atomic mass is 9.49. The lowest BCUT2D eigenvalue weighted by molar-refractivity contribution is -0.164. The zero-order chi connectivity index (χ0) is 41.1. The Morgan fingerprint density at radius 2 is 1.67 bits per heavy atom. The number of benzene rings is 3. The van der Waals surface area contributed by atoms with Crippen molar-refractivity contribution in [3.05, 3.63) is 93.5 Å². The van der Waals surface area contributed by atoms with Gasteiger partial charge in [0.25, 0.3) is 11.8 Å². The number of carbonyl (C=O) groups is 4. The molecule has 0 aromatic heterocycles. The van der Waals surface area contributed by atoms with Crippen LogP contribution in [0.5, 0.6) is 5.75 Å². The molecule has 300 valence electrons. The Kier molecular flexibility index (Phi) is 10.3. The Morgan fingerprint density at radius 1 is 0.966 bits per heavy atom. The van der Waals surface area contributed by atoms with Crippen LogP contribution < -0.4 is 20.3 Å². The minimum atomic E-state index is -1.22. The zero-order valence-electron chi connectivity index (χ0n) is 33.0. The number of ether oxygens (including phenoxy) is 1. The summed E-state index contributed by atoms with van der Waals surface area (Å²) in [5, 5.41) is 26.0. The molecule has 58 heavy (non-hydrogen) atoms. The highest BCUT2D eigenvalue weighted by Gasteiger charge is 2.64.